The summed E-state index contributed by atoms with van der Waals surface area (Å²) in [4.78, 5) is 29.9. The molecule has 0 aliphatic carbocycles. The number of rotatable bonds is 6. The van der Waals surface area contributed by atoms with Gasteiger partial charge < -0.3 is 19.5 Å². The quantitative estimate of drug-likeness (QED) is 0.377. The number of Topliss-reactive ketones (excluding diaryl/α,β-unsaturated/α-hetero) is 1. The first-order valence-electron chi connectivity index (χ1n) is 10.6. The minimum atomic E-state index is -0.746. The fourth-order valence-electron chi connectivity index (χ4n) is 4.15. The summed E-state index contributed by atoms with van der Waals surface area (Å²) in [5.74, 6) is -1.23. The van der Waals surface area contributed by atoms with Crippen LogP contribution in [0.2, 0.25) is 10.0 Å². The summed E-state index contributed by atoms with van der Waals surface area (Å²) in [6.07, 6.45) is 0. The first-order valence-corrected chi connectivity index (χ1v) is 11.3. The third kappa shape index (κ3) is 4.87. The molecule has 7 nitrogen and oxygen atoms in total. The molecule has 0 radical (unpaired) electrons. The highest BCUT2D eigenvalue weighted by molar-refractivity contribution is 6.46. The molecule has 2 saturated heterocycles. The zero-order valence-corrected chi connectivity index (χ0v) is 19.6. The number of nitrogens with zero attached hydrogens (tertiary/aromatic N) is 2. The zero-order valence-electron chi connectivity index (χ0n) is 18.1. The summed E-state index contributed by atoms with van der Waals surface area (Å²) in [5.41, 5.74) is 1.03. The first kappa shape index (κ1) is 23.6. The van der Waals surface area contributed by atoms with E-state index < -0.39 is 17.7 Å². The maximum absolute atomic E-state index is 13.1. The van der Waals surface area contributed by atoms with E-state index in [1.807, 2.05) is 0 Å². The van der Waals surface area contributed by atoms with Gasteiger partial charge in [-0.05, 0) is 35.9 Å². The van der Waals surface area contributed by atoms with Crippen LogP contribution in [0.25, 0.3) is 5.76 Å². The van der Waals surface area contributed by atoms with Gasteiger partial charge in [0.25, 0.3) is 11.7 Å². The molecule has 2 aromatic carbocycles. The average Bonchev–Trinajstić information content (AvgIpc) is 3.08. The van der Waals surface area contributed by atoms with Gasteiger partial charge >= 0.3 is 0 Å². The van der Waals surface area contributed by atoms with Gasteiger partial charge in [-0.3, -0.25) is 14.5 Å². The van der Waals surface area contributed by atoms with Crippen LogP contribution in [0.3, 0.4) is 0 Å². The van der Waals surface area contributed by atoms with Crippen molar-refractivity contribution in [3.8, 4) is 5.75 Å². The summed E-state index contributed by atoms with van der Waals surface area (Å²) in [7, 11) is 1.49. The van der Waals surface area contributed by atoms with E-state index in [1.165, 1.54) is 18.1 Å². The van der Waals surface area contributed by atoms with Gasteiger partial charge in [-0.25, -0.2) is 0 Å². The molecular weight excluding hydrogens is 467 g/mol. The third-order valence-electron chi connectivity index (χ3n) is 5.91. The number of methoxy groups -OCH3 is 1. The van der Waals surface area contributed by atoms with Crippen LogP contribution >= 0.6 is 23.2 Å². The van der Waals surface area contributed by atoms with Gasteiger partial charge in [0.15, 0.2) is 0 Å². The second-order valence-corrected chi connectivity index (χ2v) is 8.69. The number of hydrogen-bond donors (Lipinski definition) is 1. The predicted octanol–water partition coefficient (Wildman–Crippen LogP) is 3.76. The van der Waals surface area contributed by atoms with Crippen molar-refractivity contribution in [2.75, 3.05) is 46.5 Å². The largest absolute Gasteiger partial charge is 0.507 e. The predicted molar refractivity (Wildman–Crippen MR) is 126 cm³/mol. The lowest BCUT2D eigenvalue weighted by Crippen LogP contribution is -2.42. The van der Waals surface area contributed by atoms with Gasteiger partial charge in [0.05, 0.1) is 37.0 Å². The zero-order chi connectivity index (χ0) is 23.5. The monoisotopic (exact) mass is 490 g/mol. The number of ether oxygens (including phenoxy) is 2. The number of benzene rings is 2. The molecule has 0 bridgehead atoms. The van der Waals surface area contributed by atoms with Crippen LogP contribution in [0.5, 0.6) is 5.75 Å². The number of hydrogen-bond acceptors (Lipinski definition) is 6. The number of amides is 1. The normalized spacial score (nSPS) is 20.9. The van der Waals surface area contributed by atoms with Gasteiger partial charge in [-0.15, -0.1) is 0 Å². The number of carbonyl (C=O) groups excluding carboxylic acids is 2. The maximum Gasteiger partial charge on any atom is 0.295 e. The van der Waals surface area contributed by atoms with Crippen LogP contribution in [0, 0.1) is 0 Å². The molecule has 2 aliphatic rings. The Labute approximate surface area is 202 Å². The standard InChI is InChI=1S/C24H24Cl2N2O5/c1-32-19-7-4-16(14-18(19)26)22(29)20-21(15-2-5-17(25)6-3-15)28(24(31)23(20)30)9-8-27-10-12-33-13-11-27/h2-7,14,21,29H,8-13H2,1H3/b22-20+. The van der Waals surface area contributed by atoms with Crippen molar-refractivity contribution in [3.05, 3.63) is 69.2 Å². The molecule has 33 heavy (non-hydrogen) atoms. The van der Waals surface area contributed by atoms with E-state index >= 15 is 0 Å². The van der Waals surface area contributed by atoms with Crippen LogP contribution in [0.15, 0.2) is 48.0 Å². The van der Waals surface area contributed by atoms with Crippen molar-refractivity contribution in [2.45, 2.75) is 6.04 Å². The molecule has 9 heteroatoms. The number of halogens is 2. The second kappa shape index (κ2) is 10.1. The Kier molecular flexibility index (Phi) is 7.24. The van der Waals surface area contributed by atoms with Crippen LogP contribution in [-0.2, 0) is 14.3 Å². The number of morpholine rings is 1. The lowest BCUT2D eigenvalue weighted by Gasteiger charge is -2.31. The molecule has 2 fully saturated rings. The highest BCUT2D eigenvalue weighted by Gasteiger charge is 2.46. The van der Waals surface area contributed by atoms with Crippen molar-refractivity contribution in [3.63, 3.8) is 0 Å². The number of aliphatic hydroxyl groups is 1. The Hall–Kier alpha value is -2.58. The lowest BCUT2D eigenvalue weighted by molar-refractivity contribution is -0.140. The SMILES string of the molecule is COc1ccc(/C(O)=C2\C(=O)C(=O)N(CCN3CCOCC3)C2c2ccc(Cl)cc2)cc1Cl. The molecule has 2 heterocycles. The van der Waals surface area contributed by atoms with Gasteiger partial charge in [-0.2, -0.15) is 0 Å². The minimum absolute atomic E-state index is 0.0190. The molecule has 0 saturated carbocycles. The minimum Gasteiger partial charge on any atom is -0.507 e. The van der Waals surface area contributed by atoms with Crippen LogP contribution < -0.4 is 4.74 Å². The topological polar surface area (TPSA) is 79.3 Å². The van der Waals surface area contributed by atoms with E-state index in [4.69, 9.17) is 32.7 Å². The van der Waals surface area contributed by atoms with Crippen LogP contribution in [0.1, 0.15) is 17.2 Å². The molecule has 0 aromatic heterocycles. The molecule has 1 N–H and O–H groups in total. The highest BCUT2D eigenvalue weighted by atomic mass is 35.5. The smallest absolute Gasteiger partial charge is 0.295 e. The Bertz CT molecular complexity index is 1080. The molecule has 174 valence electrons. The van der Waals surface area contributed by atoms with E-state index in [9.17, 15) is 14.7 Å². The molecule has 2 aliphatic heterocycles. The summed E-state index contributed by atoms with van der Waals surface area (Å²) in [5, 5.41) is 12.0. The Morgan fingerprint density at radius 3 is 2.42 bits per heavy atom. The van der Waals surface area contributed by atoms with E-state index in [0.717, 1.165) is 13.1 Å². The Morgan fingerprint density at radius 2 is 1.79 bits per heavy atom. The van der Waals surface area contributed by atoms with E-state index in [1.54, 1.807) is 36.4 Å². The fraction of sp³-hybridized carbons (Fsp3) is 0.333. The van der Waals surface area contributed by atoms with E-state index in [2.05, 4.69) is 4.90 Å². The van der Waals surface area contributed by atoms with Gasteiger partial charge in [-0.1, -0.05) is 35.3 Å². The van der Waals surface area contributed by atoms with E-state index in [0.29, 0.717) is 48.2 Å². The van der Waals surface area contributed by atoms with Gasteiger partial charge in [0, 0.05) is 36.8 Å². The summed E-state index contributed by atoms with van der Waals surface area (Å²) >= 11 is 12.3. The molecule has 2 aromatic rings. The Balaban J connectivity index is 1.74. The number of likely N-dealkylation sites (tertiary alicyclic amines) is 1. The molecule has 4 rings (SSSR count). The van der Waals surface area contributed by atoms with Gasteiger partial charge in [0.1, 0.15) is 11.5 Å². The Morgan fingerprint density at radius 1 is 1.09 bits per heavy atom. The first-order chi connectivity index (χ1) is 15.9. The molecule has 1 unspecified atom stereocenters. The highest BCUT2D eigenvalue weighted by Crippen LogP contribution is 2.40. The van der Waals surface area contributed by atoms with Crippen LogP contribution in [0.4, 0.5) is 0 Å². The summed E-state index contributed by atoms with van der Waals surface area (Å²) in [6.45, 7) is 3.72. The number of ketones is 1. The van der Waals surface area contributed by atoms with Crippen LogP contribution in [-0.4, -0.2) is 73.1 Å². The van der Waals surface area contributed by atoms with Crippen molar-refractivity contribution in [2.24, 2.45) is 0 Å². The molecule has 0 spiro atoms. The maximum atomic E-state index is 13.1. The second-order valence-electron chi connectivity index (χ2n) is 7.85. The molecular formula is C24H24Cl2N2O5. The van der Waals surface area contributed by atoms with Crippen molar-refractivity contribution >= 4 is 40.7 Å². The van der Waals surface area contributed by atoms with Crippen molar-refractivity contribution in [1.82, 2.24) is 9.80 Å². The average molecular weight is 491 g/mol. The van der Waals surface area contributed by atoms with Crippen molar-refractivity contribution in [1.29, 1.82) is 0 Å². The fourth-order valence-corrected chi connectivity index (χ4v) is 4.53. The van der Waals surface area contributed by atoms with E-state index in [-0.39, 0.29) is 16.4 Å². The molecule has 1 atom stereocenters. The van der Waals surface area contributed by atoms with Gasteiger partial charge in [0.2, 0.25) is 0 Å². The lowest BCUT2D eigenvalue weighted by atomic mass is 9.95. The molecule has 1 amide bonds. The number of aliphatic hydroxyl groups excluding tert-OH is 1. The summed E-state index contributed by atoms with van der Waals surface area (Å²) < 4.78 is 10.6. The number of carbonyl (C=O) groups is 2. The summed E-state index contributed by atoms with van der Waals surface area (Å²) in [6, 6.07) is 10.9. The van der Waals surface area contributed by atoms with Crippen molar-refractivity contribution < 1.29 is 24.2 Å². The third-order valence-corrected chi connectivity index (χ3v) is 6.46.